The molecule has 0 bridgehead atoms. The quantitative estimate of drug-likeness (QED) is 0.750. The first-order valence-corrected chi connectivity index (χ1v) is 4.76. The van der Waals surface area contributed by atoms with E-state index in [1.165, 1.54) is 0 Å². The van der Waals surface area contributed by atoms with Crippen molar-refractivity contribution in [2.45, 2.75) is 19.8 Å². The third-order valence-electron chi connectivity index (χ3n) is 2.07. The van der Waals surface area contributed by atoms with Crippen LogP contribution in [0.5, 0.6) is 5.75 Å². The summed E-state index contributed by atoms with van der Waals surface area (Å²) in [5, 5.41) is 3.23. The van der Waals surface area contributed by atoms with Gasteiger partial charge in [-0.05, 0) is 18.6 Å². The fourth-order valence-electron chi connectivity index (χ4n) is 1.46. The van der Waals surface area contributed by atoms with Crippen LogP contribution in [0.3, 0.4) is 0 Å². The van der Waals surface area contributed by atoms with Crippen LogP contribution in [0.4, 0.5) is 5.82 Å². The molecule has 3 nitrogen and oxygen atoms in total. The average Bonchev–Trinajstić information content (AvgIpc) is 2.18. The summed E-state index contributed by atoms with van der Waals surface area (Å²) in [7, 11) is 0. The lowest BCUT2D eigenvalue weighted by atomic mass is 10.2. The van der Waals surface area contributed by atoms with Crippen molar-refractivity contribution in [1.29, 1.82) is 0 Å². The minimum Gasteiger partial charge on any atom is -0.488 e. The second-order valence-corrected chi connectivity index (χ2v) is 3.17. The topological polar surface area (TPSA) is 34.2 Å². The van der Waals surface area contributed by atoms with Gasteiger partial charge < -0.3 is 10.1 Å². The largest absolute Gasteiger partial charge is 0.488 e. The monoisotopic (exact) mass is 178 g/mol. The van der Waals surface area contributed by atoms with Crippen molar-refractivity contribution < 1.29 is 4.74 Å². The van der Waals surface area contributed by atoms with E-state index in [0.717, 1.165) is 43.3 Å². The Kier molecular flexibility index (Phi) is 2.34. The Hall–Kier alpha value is -1.25. The standard InChI is InChI=1S/C10H14N2O/c1-2-3-8-4-5-9-10(12-8)11-6-7-13-9/h4-5H,2-3,6-7H2,1H3,(H,11,12). The van der Waals surface area contributed by atoms with Gasteiger partial charge in [0.15, 0.2) is 11.6 Å². The normalized spacial score (nSPS) is 14.2. The Morgan fingerprint density at radius 1 is 1.54 bits per heavy atom. The minimum atomic E-state index is 0.738. The zero-order chi connectivity index (χ0) is 9.10. The summed E-state index contributed by atoms with van der Waals surface area (Å²) in [5.41, 5.74) is 1.14. The predicted molar refractivity (Wildman–Crippen MR) is 52.2 cm³/mol. The first-order chi connectivity index (χ1) is 6.40. The Morgan fingerprint density at radius 2 is 2.46 bits per heavy atom. The van der Waals surface area contributed by atoms with E-state index in [-0.39, 0.29) is 0 Å². The molecule has 0 atom stereocenters. The van der Waals surface area contributed by atoms with E-state index >= 15 is 0 Å². The highest BCUT2D eigenvalue weighted by atomic mass is 16.5. The Bertz CT molecular complexity index is 299. The van der Waals surface area contributed by atoms with Gasteiger partial charge in [-0.3, -0.25) is 0 Å². The maximum atomic E-state index is 5.43. The number of ether oxygens (including phenoxy) is 1. The molecule has 1 aromatic rings. The van der Waals surface area contributed by atoms with E-state index in [4.69, 9.17) is 4.74 Å². The van der Waals surface area contributed by atoms with Crippen molar-refractivity contribution in [3.8, 4) is 5.75 Å². The maximum absolute atomic E-state index is 5.43. The SMILES string of the molecule is CCCc1ccc2c(n1)NCCO2. The van der Waals surface area contributed by atoms with E-state index in [2.05, 4.69) is 17.2 Å². The third-order valence-corrected chi connectivity index (χ3v) is 2.07. The van der Waals surface area contributed by atoms with Gasteiger partial charge in [0.25, 0.3) is 0 Å². The number of nitrogens with zero attached hydrogens (tertiary/aromatic N) is 1. The van der Waals surface area contributed by atoms with E-state index < -0.39 is 0 Å². The van der Waals surface area contributed by atoms with Crippen molar-refractivity contribution in [1.82, 2.24) is 4.98 Å². The number of pyridine rings is 1. The Morgan fingerprint density at radius 3 is 3.31 bits per heavy atom. The summed E-state index contributed by atoms with van der Waals surface area (Å²) >= 11 is 0. The molecule has 3 heteroatoms. The first-order valence-electron chi connectivity index (χ1n) is 4.76. The zero-order valence-electron chi connectivity index (χ0n) is 7.84. The van der Waals surface area contributed by atoms with E-state index in [9.17, 15) is 0 Å². The van der Waals surface area contributed by atoms with Gasteiger partial charge in [-0.2, -0.15) is 0 Å². The molecule has 0 aliphatic carbocycles. The molecule has 2 heterocycles. The number of fused-ring (bicyclic) bond motifs is 1. The number of nitrogens with one attached hydrogen (secondary N) is 1. The van der Waals surface area contributed by atoms with Crippen LogP contribution in [-0.2, 0) is 6.42 Å². The fraction of sp³-hybridized carbons (Fsp3) is 0.500. The molecule has 1 aliphatic rings. The van der Waals surface area contributed by atoms with Gasteiger partial charge in [-0.25, -0.2) is 4.98 Å². The Balaban J connectivity index is 2.24. The van der Waals surface area contributed by atoms with Gasteiger partial charge in [0.05, 0.1) is 6.54 Å². The van der Waals surface area contributed by atoms with Crippen molar-refractivity contribution >= 4 is 5.82 Å². The molecular formula is C10H14N2O. The van der Waals surface area contributed by atoms with E-state index in [1.54, 1.807) is 0 Å². The second kappa shape index (κ2) is 3.64. The summed E-state index contributed by atoms with van der Waals surface area (Å²) in [6.07, 6.45) is 2.17. The average molecular weight is 178 g/mol. The lowest BCUT2D eigenvalue weighted by Gasteiger charge is -2.18. The molecule has 1 N–H and O–H groups in total. The fourth-order valence-corrected chi connectivity index (χ4v) is 1.46. The molecular weight excluding hydrogens is 164 g/mol. The number of aryl methyl sites for hydroxylation is 1. The van der Waals surface area contributed by atoms with Crippen LogP contribution < -0.4 is 10.1 Å². The number of rotatable bonds is 2. The van der Waals surface area contributed by atoms with Gasteiger partial charge in [-0.15, -0.1) is 0 Å². The van der Waals surface area contributed by atoms with Gasteiger partial charge in [0.2, 0.25) is 0 Å². The predicted octanol–water partition coefficient (Wildman–Crippen LogP) is 1.84. The molecule has 0 unspecified atom stereocenters. The van der Waals surface area contributed by atoms with E-state index in [1.807, 2.05) is 12.1 Å². The maximum Gasteiger partial charge on any atom is 0.169 e. The van der Waals surface area contributed by atoms with E-state index in [0.29, 0.717) is 0 Å². The highest BCUT2D eigenvalue weighted by molar-refractivity contribution is 5.51. The number of hydrogen-bond acceptors (Lipinski definition) is 3. The van der Waals surface area contributed by atoms with Crippen LogP contribution in [0.25, 0.3) is 0 Å². The van der Waals surface area contributed by atoms with Crippen molar-refractivity contribution in [2.24, 2.45) is 0 Å². The highest BCUT2D eigenvalue weighted by Gasteiger charge is 2.10. The number of anilines is 1. The summed E-state index contributed by atoms with van der Waals surface area (Å²) in [5.74, 6) is 1.78. The Labute approximate surface area is 78.1 Å². The van der Waals surface area contributed by atoms with Gasteiger partial charge >= 0.3 is 0 Å². The van der Waals surface area contributed by atoms with Crippen LogP contribution in [-0.4, -0.2) is 18.1 Å². The van der Waals surface area contributed by atoms with Crippen molar-refractivity contribution in [3.05, 3.63) is 17.8 Å². The highest BCUT2D eigenvalue weighted by Crippen LogP contribution is 2.24. The van der Waals surface area contributed by atoms with Crippen molar-refractivity contribution in [2.75, 3.05) is 18.5 Å². The lowest BCUT2D eigenvalue weighted by molar-refractivity contribution is 0.321. The molecule has 0 saturated heterocycles. The molecule has 13 heavy (non-hydrogen) atoms. The molecule has 0 saturated carbocycles. The van der Waals surface area contributed by atoms with Gasteiger partial charge in [0.1, 0.15) is 6.61 Å². The number of hydrogen-bond donors (Lipinski definition) is 1. The van der Waals surface area contributed by atoms with Crippen LogP contribution in [0.1, 0.15) is 19.0 Å². The molecule has 1 aromatic heterocycles. The molecule has 1 aliphatic heterocycles. The summed E-state index contributed by atoms with van der Waals surface area (Å²) in [4.78, 5) is 4.47. The molecule has 70 valence electrons. The molecule has 2 rings (SSSR count). The molecule has 0 fully saturated rings. The zero-order valence-corrected chi connectivity index (χ0v) is 7.84. The van der Waals surface area contributed by atoms with Gasteiger partial charge in [-0.1, -0.05) is 13.3 Å². The molecule has 0 spiro atoms. The van der Waals surface area contributed by atoms with Gasteiger partial charge in [0, 0.05) is 5.69 Å². The lowest BCUT2D eigenvalue weighted by Crippen LogP contribution is -2.19. The summed E-state index contributed by atoms with van der Waals surface area (Å²) < 4.78 is 5.43. The van der Waals surface area contributed by atoms with Crippen LogP contribution in [0.2, 0.25) is 0 Å². The third kappa shape index (κ3) is 1.74. The second-order valence-electron chi connectivity index (χ2n) is 3.17. The first kappa shape index (κ1) is 8.35. The number of aromatic nitrogens is 1. The molecule has 0 aromatic carbocycles. The smallest absolute Gasteiger partial charge is 0.169 e. The van der Waals surface area contributed by atoms with Crippen molar-refractivity contribution in [3.63, 3.8) is 0 Å². The van der Waals surface area contributed by atoms with Crippen LogP contribution in [0.15, 0.2) is 12.1 Å². The minimum absolute atomic E-state index is 0.738. The van der Waals surface area contributed by atoms with Crippen LogP contribution >= 0.6 is 0 Å². The van der Waals surface area contributed by atoms with Crippen LogP contribution in [0, 0.1) is 0 Å². The summed E-state index contributed by atoms with van der Waals surface area (Å²) in [6.45, 7) is 3.75. The molecule has 0 radical (unpaired) electrons. The summed E-state index contributed by atoms with van der Waals surface area (Å²) in [6, 6.07) is 4.04. The molecule has 0 amide bonds.